The summed E-state index contributed by atoms with van der Waals surface area (Å²) >= 11 is -4.54. The molecule has 2 unspecified atom stereocenters. The zero-order chi connectivity index (χ0) is 25.8. The summed E-state index contributed by atoms with van der Waals surface area (Å²) in [6, 6.07) is 14.7. The van der Waals surface area contributed by atoms with Crippen molar-refractivity contribution in [3.63, 3.8) is 0 Å². The molecule has 0 fully saturated rings. The standard InChI is InChI=1S/2C14H17.4CH3.H2Si.Zr/c2*1-10-7-11-5-6-13(14(2,3)4)9-12(11)8-10;;;;;;/h2*5-9H,1-4H3;4*1H3;1H2;. The molecule has 2 atom stereocenters. The average Bonchev–Trinajstić information content (AvgIpc) is 3.14. The van der Waals surface area contributed by atoms with Crippen molar-refractivity contribution in [1.82, 2.24) is 0 Å². The summed E-state index contributed by atoms with van der Waals surface area (Å²) in [4.78, 5) is 0. The minimum atomic E-state index is -4.54. The molecule has 2 aliphatic carbocycles. The van der Waals surface area contributed by atoms with Crippen molar-refractivity contribution < 1.29 is 14.4 Å². The van der Waals surface area contributed by atoms with E-state index in [-0.39, 0.29) is 10.8 Å². The van der Waals surface area contributed by atoms with Crippen molar-refractivity contribution in [3.8, 4) is 0 Å². The van der Waals surface area contributed by atoms with Gasteiger partial charge in [-0.15, -0.1) is 0 Å². The van der Waals surface area contributed by atoms with Crippen LogP contribution in [0.1, 0.15) is 96.0 Å². The molecule has 4 rings (SSSR count). The van der Waals surface area contributed by atoms with Crippen LogP contribution in [0, 0.1) is 0 Å². The predicted molar refractivity (Wildman–Crippen MR) is 155 cm³/mol. The SMILES string of the molecule is CC1=Cc2cc(C(C)(C)C)ccc2[CH]1[Zr]([CH3])([CH3])([CH3])([CH3])(=[SiH2])[CH]1C(C)=Cc2cc(C(C)(C)C)ccc21. The Balaban J connectivity index is 1.97. The Morgan fingerprint density at radius 2 is 0.941 bits per heavy atom. The van der Waals surface area contributed by atoms with Crippen LogP contribution in [0.2, 0.25) is 18.5 Å². The number of hydrogen-bond acceptors (Lipinski definition) is 0. The van der Waals surface area contributed by atoms with Gasteiger partial charge in [-0.3, -0.25) is 0 Å². The number of allylic oxidation sites excluding steroid dienone is 2. The summed E-state index contributed by atoms with van der Waals surface area (Å²) in [6.07, 6.45) is 5.01. The second-order valence-electron chi connectivity index (χ2n) is 18.1. The Bertz CT molecular complexity index is 1310. The fraction of sp³-hybridized carbons (Fsp3) is 0.500. The van der Waals surface area contributed by atoms with Crippen LogP contribution in [0.25, 0.3) is 12.2 Å². The molecule has 0 spiro atoms. The molecule has 34 heavy (non-hydrogen) atoms. The van der Waals surface area contributed by atoms with Crippen LogP contribution >= 0.6 is 0 Å². The van der Waals surface area contributed by atoms with E-state index in [1.807, 2.05) is 0 Å². The van der Waals surface area contributed by atoms with Crippen molar-refractivity contribution in [3.05, 3.63) is 80.9 Å². The van der Waals surface area contributed by atoms with Crippen molar-refractivity contribution in [2.75, 3.05) is 0 Å². The molecule has 2 aliphatic rings. The van der Waals surface area contributed by atoms with E-state index in [2.05, 4.69) is 129 Å². The maximum absolute atomic E-state index is 4.54. The third-order valence-electron chi connectivity index (χ3n) is 9.26. The van der Waals surface area contributed by atoms with Crippen molar-refractivity contribution in [1.29, 1.82) is 0 Å². The second kappa shape index (κ2) is 6.28. The Hall–Kier alpha value is -0.980. The summed E-state index contributed by atoms with van der Waals surface area (Å²) in [6.45, 7) is 21.2. The van der Waals surface area contributed by atoms with Gasteiger partial charge in [-0.25, -0.2) is 0 Å². The molecular formula is C32H48SiZr. The first-order chi connectivity index (χ1) is 15.0. The molecule has 0 N–H and O–H groups in total. The zero-order valence-corrected chi connectivity index (χ0v) is 27.9. The molecular weight excluding hydrogens is 504 g/mol. The van der Waals surface area contributed by atoms with Gasteiger partial charge in [0.15, 0.2) is 0 Å². The summed E-state index contributed by atoms with van der Waals surface area (Å²) in [7, 11) is 0. The first-order valence-corrected chi connectivity index (χ1v) is 31.8. The Labute approximate surface area is 205 Å². The third-order valence-corrected chi connectivity index (χ3v) is 32.9. The molecule has 0 amide bonds. The van der Waals surface area contributed by atoms with E-state index in [0.29, 0.717) is 7.25 Å². The van der Waals surface area contributed by atoms with Gasteiger partial charge in [0.05, 0.1) is 0 Å². The van der Waals surface area contributed by atoms with Crippen molar-refractivity contribution in [2.24, 2.45) is 0 Å². The van der Waals surface area contributed by atoms with E-state index < -0.39 is 14.4 Å². The first-order valence-electron chi connectivity index (χ1n) is 13.2. The van der Waals surface area contributed by atoms with Crippen LogP contribution in [-0.2, 0) is 25.3 Å². The number of benzene rings is 2. The normalized spacial score (nSPS) is 23.7. The quantitative estimate of drug-likeness (QED) is 0.326. The summed E-state index contributed by atoms with van der Waals surface area (Å²) < 4.78 is 12.0. The van der Waals surface area contributed by atoms with E-state index in [9.17, 15) is 0 Å². The van der Waals surface area contributed by atoms with Crippen LogP contribution in [0.3, 0.4) is 0 Å². The van der Waals surface area contributed by atoms with E-state index in [1.54, 1.807) is 22.3 Å². The van der Waals surface area contributed by atoms with Crippen LogP contribution in [0.15, 0.2) is 47.5 Å². The van der Waals surface area contributed by atoms with Crippen LogP contribution < -0.4 is 0 Å². The van der Waals surface area contributed by atoms with Gasteiger partial charge in [0.2, 0.25) is 0 Å². The molecule has 0 aliphatic heterocycles. The Kier molecular flexibility index (Phi) is 4.82. The minimum absolute atomic E-state index is 0.167. The Morgan fingerprint density at radius 3 is 1.24 bits per heavy atom. The van der Waals surface area contributed by atoms with Gasteiger partial charge in [-0.2, -0.15) is 0 Å². The number of rotatable bonds is 2. The van der Waals surface area contributed by atoms with Gasteiger partial charge < -0.3 is 0 Å². The zero-order valence-electron chi connectivity index (χ0n) is 24.0. The summed E-state index contributed by atoms with van der Waals surface area (Å²) in [5.74, 6) is 0. The fourth-order valence-electron chi connectivity index (χ4n) is 8.22. The van der Waals surface area contributed by atoms with Gasteiger partial charge in [0, 0.05) is 0 Å². The number of fused-ring (bicyclic) bond motifs is 2. The van der Waals surface area contributed by atoms with E-state index in [4.69, 9.17) is 0 Å². The topological polar surface area (TPSA) is 0 Å². The second-order valence-corrected chi connectivity index (χ2v) is 78.4. The third kappa shape index (κ3) is 3.87. The van der Waals surface area contributed by atoms with Gasteiger partial charge in [0.1, 0.15) is 0 Å². The molecule has 184 valence electrons. The maximum atomic E-state index is 2.75. The average molecular weight is 552 g/mol. The van der Waals surface area contributed by atoms with Gasteiger partial charge in [-0.1, -0.05) is 0 Å². The fourth-order valence-corrected chi connectivity index (χ4v) is 37.1. The molecule has 0 heterocycles. The Morgan fingerprint density at radius 1 is 0.618 bits per heavy atom. The monoisotopic (exact) mass is 550 g/mol. The predicted octanol–water partition coefficient (Wildman–Crippen LogP) is 9.40. The van der Waals surface area contributed by atoms with E-state index in [0.717, 1.165) is 0 Å². The van der Waals surface area contributed by atoms with E-state index >= 15 is 0 Å². The first kappa shape index (κ1) is 26.1. The molecule has 2 aromatic carbocycles. The molecule has 2 aromatic rings. The molecule has 0 nitrogen and oxygen atoms in total. The summed E-state index contributed by atoms with van der Waals surface area (Å²) in [5, 5.41) is 0. The molecule has 0 saturated carbocycles. The summed E-state index contributed by atoms with van der Waals surface area (Å²) in [5.41, 5.74) is 12.3. The van der Waals surface area contributed by atoms with Crippen molar-refractivity contribution >= 4 is 19.0 Å². The molecule has 0 saturated heterocycles. The molecule has 0 bridgehead atoms. The van der Waals surface area contributed by atoms with Gasteiger partial charge in [-0.05, 0) is 0 Å². The number of hydrogen-bond donors (Lipinski definition) is 0. The van der Waals surface area contributed by atoms with Gasteiger partial charge in [0.25, 0.3) is 0 Å². The van der Waals surface area contributed by atoms with Crippen molar-refractivity contribution in [2.45, 2.75) is 92.0 Å². The molecule has 2 heteroatoms. The van der Waals surface area contributed by atoms with Crippen LogP contribution in [0.5, 0.6) is 0 Å². The molecule has 0 aromatic heterocycles. The van der Waals surface area contributed by atoms with Crippen LogP contribution in [0.4, 0.5) is 0 Å². The molecule has 0 radical (unpaired) electrons. The van der Waals surface area contributed by atoms with E-state index in [1.165, 1.54) is 22.3 Å². The van der Waals surface area contributed by atoms with Crippen LogP contribution in [-0.4, -0.2) is 6.88 Å². The van der Waals surface area contributed by atoms with Gasteiger partial charge >= 0.3 is 206 Å².